The van der Waals surface area contributed by atoms with Crippen LogP contribution in [0.5, 0.6) is 0 Å². The summed E-state index contributed by atoms with van der Waals surface area (Å²) in [6.07, 6.45) is 0. The van der Waals surface area contributed by atoms with Crippen molar-refractivity contribution < 1.29 is 4.79 Å². The van der Waals surface area contributed by atoms with E-state index in [0.29, 0.717) is 5.56 Å². The van der Waals surface area contributed by atoms with Crippen molar-refractivity contribution in [3.63, 3.8) is 0 Å². The molecule has 17 heavy (non-hydrogen) atoms. The molecule has 0 saturated carbocycles. The standard InChI is InChI=1S/C15H13BrO/c1-10-4-3-5-12(8-10)15(17)13-7-6-11(2)9-14(13)16/h3-9H,1-2H3. The van der Waals surface area contributed by atoms with Gasteiger partial charge in [-0.05, 0) is 37.6 Å². The molecule has 0 spiro atoms. The Morgan fingerprint density at radius 3 is 2.35 bits per heavy atom. The molecule has 0 fully saturated rings. The molecule has 0 aromatic heterocycles. The van der Waals surface area contributed by atoms with Gasteiger partial charge in [0, 0.05) is 15.6 Å². The molecule has 0 aliphatic carbocycles. The van der Waals surface area contributed by atoms with E-state index in [1.54, 1.807) is 0 Å². The topological polar surface area (TPSA) is 17.1 Å². The largest absolute Gasteiger partial charge is 0.289 e. The molecule has 0 aliphatic rings. The lowest BCUT2D eigenvalue weighted by Crippen LogP contribution is -2.02. The summed E-state index contributed by atoms with van der Waals surface area (Å²) in [5.41, 5.74) is 3.67. The first kappa shape index (κ1) is 12.1. The van der Waals surface area contributed by atoms with E-state index in [9.17, 15) is 4.79 Å². The first-order valence-electron chi connectivity index (χ1n) is 5.45. The van der Waals surface area contributed by atoms with Crippen LogP contribution < -0.4 is 0 Å². The Morgan fingerprint density at radius 2 is 1.71 bits per heavy atom. The van der Waals surface area contributed by atoms with Crippen LogP contribution in [0.2, 0.25) is 0 Å². The Balaban J connectivity index is 2.44. The van der Waals surface area contributed by atoms with Crippen LogP contribution in [0.4, 0.5) is 0 Å². The van der Waals surface area contributed by atoms with E-state index in [1.165, 1.54) is 0 Å². The zero-order chi connectivity index (χ0) is 12.4. The Morgan fingerprint density at radius 1 is 1.00 bits per heavy atom. The number of benzene rings is 2. The lowest BCUT2D eigenvalue weighted by Gasteiger charge is -2.05. The first-order chi connectivity index (χ1) is 8.08. The summed E-state index contributed by atoms with van der Waals surface area (Å²) in [4.78, 5) is 12.3. The fourth-order valence-electron chi connectivity index (χ4n) is 1.75. The number of carbonyl (C=O) groups is 1. The van der Waals surface area contributed by atoms with E-state index < -0.39 is 0 Å². The highest BCUT2D eigenvalue weighted by Crippen LogP contribution is 2.21. The predicted molar refractivity (Wildman–Crippen MR) is 73.5 cm³/mol. The second kappa shape index (κ2) is 4.84. The summed E-state index contributed by atoms with van der Waals surface area (Å²) in [6.45, 7) is 3.99. The molecular formula is C15H13BrO. The first-order valence-corrected chi connectivity index (χ1v) is 6.25. The van der Waals surface area contributed by atoms with E-state index in [-0.39, 0.29) is 5.78 Å². The van der Waals surface area contributed by atoms with Crippen LogP contribution in [-0.4, -0.2) is 5.78 Å². The zero-order valence-electron chi connectivity index (χ0n) is 9.83. The molecule has 0 N–H and O–H groups in total. The number of ketones is 1. The highest BCUT2D eigenvalue weighted by molar-refractivity contribution is 9.10. The second-order valence-electron chi connectivity index (χ2n) is 4.18. The highest BCUT2D eigenvalue weighted by Gasteiger charge is 2.12. The van der Waals surface area contributed by atoms with Gasteiger partial charge in [0.2, 0.25) is 0 Å². The summed E-state index contributed by atoms with van der Waals surface area (Å²) < 4.78 is 0.851. The molecule has 2 rings (SSSR count). The molecule has 86 valence electrons. The van der Waals surface area contributed by atoms with Crippen molar-refractivity contribution in [2.24, 2.45) is 0 Å². The Bertz CT molecular complexity index is 573. The quantitative estimate of drug-likeness (QED) is 0.753. The minimum Gasteiger partial charge on any atom is -0.289 e. The van der Waals surface area contributed by atoms with E-state index >= 15 is 0 Å². The number of hydrogen-bond acceptors (Lipinski definition) is 1. The minimum absolute atomic E-state index is 0.0561. The van der Waals surface area contributed by atoms with Crippen LogP contribution in [0.15, 0.2) is 46.9 Å². The van der Waals surface area contributed by atoms with Crippen molar-refractivity contribution in [1.82, 2.24) is 0 Å². The molecule has 1 nitrogen and oxygen atoms in total. The molecule has 0 saturated heterocycles. The van der Waals surface area contributed by atoms with Gasteiger partial charge in [-0.2, -0.15) is 0 Å². The zero-order valence-corrected chi connectivity index (χ0v) is 11.4. The smallest absolute Gasteiger partial charge is 0.194 e. The molecule has 0 unspecified atom stereocenters. The van der Waals surface area contributed by atoms with Crippen molar-refractivity contribution in [1.29, 1.82) is 0 Å². The third kappa shape index (κ3) is 2.64. The summed E-state index contributed by atoms with van der Waals surface area (Å²) >= 11 is 3.44. The van der Waals surface area contributed by atoms with Crippen molar-refractivity contribution in [2.45, 2.75) is 13.8 Å². The molecular weight excluding hydrogens is 276 g/mol. The number of halogens is 1. The van der Waals surface area contributed by atoms with Gasteiger partial charge in [0.15, 0.2) is 5.78 Å². The van der Waals surface area contributed by atoms with E-state index in [4.69, 9.17) is 0 Å². The maximum absolute atomic E-state index is 12.3. The lowest BCUT2D eigenvalue weighted by atomic mass is 10.0. The van der Waals surface area contributed by atoms with Crippen LogP contribution in [0.25, 0.3) is 0 Å². The molecule has 2 aromatic rings. The molecule has 0 radical (unpaired) electrons. The summed E-state index contributed by atoms with van der Waals surface area (Å²) in [5, 5.41) is 0. The third-order valence-electron chi connectivity index (χ3n) is 2.65. The van der Waals surface area contributed by atoms with Crippen LogP contribution in [0.1, 0.15) is 27.0 Å². The molecule has 2 aromatic carbocycles. The molecule has 0 amide bonds. The summed E-state index contributed by atoms with van der Waals surface area (Å²) in [6, 6.07) is 13.4. The highest BCUT2D eigenvalue weighted by atomic mass is 79.9. The van der Waals surface area contributed by atoms with Gasteiger partial charge < -0.3 is 0 Å². The maximum Gasteiger partial charge on any atom is 0.194 e. The van der Waals surface area contributed by atoms with Gasteiger partial charge in [-0.3, -0.25) is 4.79 Å². The SMILES string of the molecule is Cc1cccc(C(=O)c2ccc(C)cc2Br)c1. The number of rotatable bonds is 2. The molecule has 0 atom stereocenters. The molecule has 0 bridgehead atoms. The average molecular weight is 289 g/mol. The third-order valence-corrected chi connectivity index (χ3v) is 3.31. The monoisotopic (exact) mass is 288 g/mol. The van der Waals surface area contributed by atoms with Crippen LogP contribution >= 0.6 is 15.9 Å². The fraction of sp³-hybridized carbons (Fsp3) is 0.133. The van der Waals surface area contributed by atoms with Gasteiger partial charge in [0.25, 0.3) is 0 Å². The summed E-state index contributed by atoms with van der Waals surface area (Å²) in [5.74, 6) is 0.0561. The number of carbonyl (C=O) groups excluding carboxylic acids is 1. The van der Waals surface area contributed by atoms with Crippen molar-refractivity contribution in [3.8, 4) is 0 Å². The van der Waals surface area contributed by atoms with Crippen LogP contribution in [0.3, 0.4) is 0 Å². The average Bonchev–Trinajstić information content (AvgIpc) is 2.28. The molecule has 0 heterocycles. The lowest BCUT2D eigenvalue weighted by molar-refractivity contribution is 0.103. The van der Waals surface area contributed by atoms with Gasteiger partial charge in [-0.15, -0.1) is 0 Å². The van der Waals surface area contributed by atoms with E-state index in [2.05, 4.69) is 15.9 Å². The van der Waals surface area contributed by atoms with Crippen molar-refractivity contribution in [3.05, 3.63) is 69.2 Å². The maximum atomic E-state index is 12.3. The van der Waals surface area contributed by atoms with Crippen molar-refractivity contribution in [2.75, 3.05) is 0 Å². The Kier molecular flexibility index (Phi) is 3.43. The fourth-order valence-corrected chi connectivity index (χ4v) is 2.42. The minimum atomic E-state index is 0.0561. The Hall–Kier alpha value is -1.41. The van der Waals surface area contributed by atoms with Crippen LogP contribution in [0, 0.1) is 13.8 Å². The molecule has 2 heteroatoms. The number of hydrogen-bond donors (Lipinski definition) is 0. The van der Waals surface area contributed by atoms with E-state index in [1.807, 2.05) is 56.3 Å². The second-order valence-corrected chi connectivity index (χ2v) is 5.04. The normalized spacial score (nSPS) is 10.3. The Labute approximate surface area is 110 Å². The van der Waals surface area contributed by atoms with Crippen molar-refractivity contribution >= 4 is 21.7 Å². The molecule has 0 aliphatic heterocycles. The van der Waals surface area contributed by atoms with E-state index in [0.717, 1.165) is 21.2 Å². The van der Waals surface area contributed by atoms with Gasteiger partial charge >= 0.3 is 0 Å². The predicted octanol–water partition coefficient (Wildman–Crippen LogP) is 4.30. The van der Waals surface area contributed by atoms with Gasteiger partial charge in [0.1, 0.15) is 0 Å². The van der Waals surface area contributed by atoms with Crippen LogP contribution in [-0.2, 0) is 0 Å². The van der Waals surface area contributed by atoms with Gasteiger partial charge in [0.05, 0.1) is 0 Å². The van der Waals surface area contributed by atoms with Gasteiger partial charge in [-0.1, -0.05) is 45.8 Å². The van der Waals surface area contributed by atoms with Gasteiger partial charge in [-0.25, -0.2) is 0 Å². The number of aryl methyl sites for hydroxylation is 2. The summed E-state index contributed by atoms with van der Waals surface area (Å²) in [7, 11) is 0.